The molecule has 42 heavy (non-hydrogen) atoms. The third-order valence-electron chi connectivity index (χ3n) is 6.31. The molecule has 0 heterocycles. The second-order valence-electron chi connectivity index (χ2n) is 9.06. The molecule has 6 nitrogen and oxygen atoms in total. The molecule has 3 amide bonds. The number of rotatable bonds is 6. The van der Waals surface area contributed by atoms with Crippen LogP contribution in [0.15, 0.2) is 48.5 Å². The zero-order chi connectivity index (χ0) is 31.3. The molecule has 1 aliphatic carbocycles. The van der Waals surface area contributed by atoms with Gasteiger partial charge in [-0.2, -0.15) is 13.2 Å². The van der Waals surface area contributed by atoms with Gasteiger partial charge in [0.15, 0.2) is 5.82 Å². The van der Waals surface area contributed by atoms with Crippen LogP contribution in [-0.4, -0.2) is 35.3 Å². The van der Waals surface area contributed by atoms with E-state index in [9.17, 15) is 31.9 Å². The summed E-state index contributed by atoms with van der Waals surface area (Å²) in [6.45, 7) is 0. The van der Waals surface area contributed by atoms with Crippen LogP contribution in [0.2, 0.25) is 15.1 Å². The van der Waals surface area contributed by atoms with Crippen LogP contribution >= 0.6 is 58.0 Å². The molecule has 0 bridgehead atoms. The lowest BCUT2D eigenvalue weighted by atomic mass is 10.1. The Morgan fingerprint density at radius 3 is 2.14 bits per heavy atom. The summed E-state index contributed by atoms with van der Waals surface area (Å²) in [5.74, 6) is -8.91. The molecule has 0 saturated heterocycles. The first-order valence-corrected chi connectivity index (χ1v) is 13.4. The Morgan fingerprint density at radius 2 is 1.52 bits per heavy atom. The highest BCUT2D eigenvalue weighted by Crippen LogP contribution is 2.65. The molecule has 2 atom stereocenters. The average Bonchev–Trinajstić information content (AvgIpc) is 3.49. The minimum absolute atomic E-state index is 0.0641. The number of carbonyl (C=O) groups is 3. The normalized spacial score (nSPS) is 17.4. The average molecular weight is 690 g/mol. The molecule has 0 aliphatic heterocycles. The summed E-state index contributed by atoms with van der Waals surface area (Å²) in [6, 6.07) is 9.72. The van der Waals surface area contributed by atoms with Crippen molar-refractivity contribution < 1.29 is 36.3 Å². The van der Waals surface area contributed by atoms with Gasteiger partial charge in [0.05, 0.1) is 32.2 Å². The fourth-order valence-electron chi connectivity index (χ4n) is 4.20. The van der Waals surface area contributed by atoms with Crippen LogP contribution in [0.25, 0.3) is 0 Å². The van der Waals surface area contributed by atoms with Crippen LogP contribution in [0.4, 0.5) is 39.0 Å². The number of amides is 3. The third kappa shape index (κ3) is 6.26. The van der Waals surface area contributed by atoms with E-state index in [0.717, 1.165) is 12.1 Å². The maximum Gasteiger partial charge on any atom is 0.471 e. The van der Waals surface area contributed by atoms with Gasteiger partial charge in [-0.3, -0.25) is 14.4 Å². The van der Waals surface area contributed by atoms with Crippen LogP contribution in [0.1, 0.15) is 21.8 Å². The molecule has 1 fully saturated rings. The van der Waals surface area contributed by atoms with E-state index in [1.54, 1.807) is 6.07 Å². The van der Waals surface area contributed by atoms with Crippen molar-refractivity contribution in [1.29, 1.82) is 0 Å². The Balaban J connectivity index is 1.54. The van der Waals surface area contributed by atoms with Gasteiger partial charge in [-0.05, 0) is 48.0 Å². The van der Waals surface area contributed by atoms with E-state index in [2.05, 4.69) is 10.6 Å². The van der Waals surface area contributed by atoms with Crippen LogP contribution in [0.5, 0.6) is 0 Å². The summed E-state index contributed by atoms with van der Waals surface area (Å²) in [5.41, 5.74) is -1.75. The first-order chi connectivity index (χ1) is 19.4. The number of nitrogens with zero attached hydrogens (tertiary/aromatic N) is 1. The van der Waals surface area contributed by atoms with Gasteiger partial charge in [-0.25, -0.2) is 8.78 Å². The van der Waals surface area contributed by atoms with Crippen LogP contribution in [-0.2, 0) is 9.59 Å². The SMILES string of the molecule is CN(C(=O)C(F)(F)F)c1c(F)ccc(NC(=O)c2cc(NC(=O)C3[C@H](c4ccc(Cl)c(Cl)c4)C3(Cl)Cl)ccc2Cl)c1F. The summed E-state index contributed by atoms with van der Waals surface area (Å²) in [5, 5.41) is 5.01. The van der Waals surface area contributed by atoms with E-state index in [0.29, 0.717) is 23.7 Å². The van der Waals surface area contributed by atoms with Crippen LogP contribution in [0.3, 0.4) is 0 Å². The highest BCUT2D eigenvalue weighted by molar-refractivity contribution is 6.53. The van der Waals surface area contributed by atoms with Gasteiger partial charge >= 0.3 is 12.1 Å². The van der Waals surface area contributed by atoms with Crippen molar-refractivity contribution in [2.24, 2.45) is 5.92 Å². The number of benzene rings is 3. The van der Waals surface area contributed by atoms with Gasteiger partial charge in [-0.1, -0.05) is 40.9 Å². The number of hydrogen-bond donors (Lipinski definition) is 2. The molecule has 2 N–H and O–H groups in total. The van der Waals surface area contributed by atoms with E-state index >= 15 is 4.39 Å². The van der Waals surface area contributed by atoms with E-state index in [1.807, 2.05) is 0 Å². The van der Waals surface area contributed by atoms with Crippen molar-refractivity contribution in [3.8, 4) is 0 Å². The van der Waals surface area contributed by atoms with Crippen molar-refractivity contribution in [3.63, 3.8) is 0 Å². The molecule has 4 rings (SSSR count). The summed E-state index contributed by atoms with van der Waals surface area (Å²) in [6.07, 6.45) is -5.42. The molecular formula is C26H15Cl5F5N3O3. The van der Waals surface area contributed by atoms with Crippen LogP contribution in [0, 0.1) is 17.6 Å². The smallest absolute Gasteiger partial charge is 0.326 e. The molecule has 16 heteroatoms. The Labute approximate surface area is 259 Å². The molecule has 222 valence electrons. The molecule has 1 aliphatic rings. The van der Waals surface area contributed by atoms with Gasteiger partial charge in [-0.15, -0.1) is 23.2 Å². The number of carbonyl (C=O) groups excluding carboxylic acids is 3. The quantitative estimate of drug-likeness (QED) is 0.202. The first-order valence-electron chi connectivity index (χ1n) is 11.5. The van der Waals surface area contributed by atoms with Gasteiger partial charge in [0, 0.05) is 18.7 Å². The largest absolute Gasteiger partial charge is 0.471 e. The number of alkyl halides is 5. The van der Waals surface area contributed by atoms with Gasteiger partial charge < -0.3 is 15.5 Å². The van der Waals surface area contributed by atoms with Crippen molar-refractivity contribution in [1.82, 2.24) is 0 Å². The second-order valence-corrected chi connectivity index (χ2v) is 11.7. The Hall–Kier alpha value is -2.83. The van der Waals surface area contributed by atoms with Gasteiger partial charge in [0.2, 0.25) is 5.91 Å². The number of anilines is 3. The highest BCUT2D eigenvalue weighted by atomic mass is 35.5. The summed E-state index contributed by atoms with van der Waals surface area (Å²) in [7, 11) is 0.522. The summed E-state index contributed by atoms with van der Waals surface area (Å²) >= 11 is 30.8. The van der Waals surface area contributed by atoms with Crippen LogP contribution < -0.4 is 15.5 Å². The first kappa shape index (κ1) is 32.1. The van der Waals surface area contributed by atoms with Gasteiger partial charge in [0.1, 0.15) is 15.8 Å². The van der Waals surface area contributed by atoms with E-state index in [4.69, 9.17) is 58.0 Å². The zero-order valence-corrected chi connectivity index (χ0v) is 24.5. The second kappa shape index (κ2) is 11.7. The molecular weight excluding hydrogens is 675 g/mol. The minimum Gasteiger partial charge on any atom is -0.326 e. The molecule has 1 saturated carbocycles. The van der Waals surface area contributed by atoms with Crippen molar-refractivity contribution in [2.75, 3.05) is 22.6 Å². The molecule has 0 radical (unpaired) electrons. The molecule has 3 aromatic rings. The lowest BCUT2D eigenvalue weighted by molar-refractivity contribution is -0.170. The van der Waals surface area contributed by atoms with Crippen molar-refractivity contribution in [2.45, 2.75) is 16.4 Å². The van der Waals surface area contributed by atoms with Crippen molar-refractivity contribution >= 4 is 92.8 Å². The Kier molecular flexibility index (Phi) is 8.93. The monoisotopic (exact) mass is 687 g/mol. The fourth-order valence-corrected chi connectivity index (χ4v) is 5.53. The molecule has 3 aromatic carbocycles. The van der Waals surface area contributed by atoms with Crippen molar-refractivity contribution in [3.05, 3.63) is 86.4 Å². The molecule has 1 unspecified atom stereocenters. The van der Waals surface area contributed by atoms with E-state index < -0.39 is 63.1 Å². The number of hydrogen-bond acceptors (Lipinski definition) is 3. The summed E-state index contributed by atoms with van der Waals surface area (Å²) < 4.78 is 66.2. The molecule has 0 aromatic heterocycles. The Morgan fingerprint density at radius 1 is 0.881 bits per heavy atom. The number of nitrogens with one attached hydrogen (secondary N) is 2. The van der Waals surface area contributed by atoms with E-state index in [-0.39, 0.29) is 26.2 Å². The Bertz CT molecular complexity index is 1620. The molecule has 0 spiro atoms. The zero-order valence-electron chi connectivity index (χ0n) is 20.7. The minimum atomic E-state index is -5.42. The van der Waals surface area contributed by atoms with E-state index in [1.165, 1.54) is 24.3 Å². The lowest BCUT2D eigenvalue weighted by Crippen LogP contribution is -2.39. The number of halogens is 10. The highest BCUT2D eigenvalue weighted by Gasteiger charge is 2.67. The fraction of sp³-hybridized carbons (Fsp3) is 0.192. The predicted octanol–water partition coefficient (Wildman–Crippen LogP) is 8.23. The predicted molar refractivity (Wildman–Crippen MR) is 151 cm³/mol. The topological polar surface area (TPSA) is 78.5 Å². The van der Waals surface area contributed by atoms with Gasteiger partial charge in [0.25, 0.3) is 5.91 Å². The lowest BCUT2D eigenvalue weighted by Gasteiger charge is -2.21. The standard InChI is InChI=1S/C26H15Cl5F5N3O3/c1-39(24(42)26(34,35)36)21-16(32)6-7-17(20(21)33)38-22(40)12-9-11(3-5-13(12)27)37-23(41)19-18(25(19,30)31)10-2-4-14(28)15(29)8-10/h2-9,18-19H,1H3,(H,37,41)(H,38,40)/t18-,19?/m0/s1. The third-order valence-corrected chi connectivity index (χ3v) is 8.32. The maximum atomic E-state index is 15.0. The maximum absolute atomic E-state index is 15.0. The summed E-state index contributed by atoms with van der Waals surface area (Å²) in [4.78, 5) is 37.2.